The van der Waals surface area contributed by atoms with E-state index in [1.165, 1.54) is 67.2 Å². The summed E-state index contributed by atoms with van der Waals surface area (Å²) in [6.45, 7) is 0. The van der Waals surface area contributed by atoms with E-state index in [9.17, 15) is 0 Å². The van der Waals surface area contributed by atoms with E-state index in [1.807, 2.05) is 0 Å². The lowest BCUT2D eigenvalue weighted by molar-refractivity contribution is 0.616. The standard InChI is InChI=1S/C19H22/c1-2-4-10-16-12-6-8-15-19-17(11-5-3-1)13-7-9-14-18(16)19/h6-9,12-15H,1-5,10-11H2. The van der Waals surface area contributed by atoms with Gasteiger partial charge in [-0.2, -0.15) is 0 Å². The lowest BCUT2D eigenvalue weighted by Crippen LogP contribution is -1.93. The summed E-state index contributed by atoms with van der Waals surface area (Å²) in [7, 11) is 0. The fourth-order valence-corrected chi connectivity index (χ4v) is 3.16. The molecule has 0 heteroatoms. The lowest BCUT2D eigenvalue weighted by atomic mass is 9.93. The van der Waals surface area contributed by atoms with E-state index in [0.29, 0.717) is 0 Å². The van der Waals surface area contributed by atoms with Gasteiger partial charge in [-0.25, -0.2) is 0 Å². The minimum absolute atomic E-state index is 1.22. The molecular formula is C19H22. The highest BCUT2D eigenvalue weighted by atomic mass is 14.2. The van der Waals surface area contributed by atoms with Crippen LogP contribution in [0.4, 0.5) is 0 Å². The Kier molecular flexibility index (Phi) is 3.98. The predicted molar refractivity (Wildman–Crippen MR) is 82.9 cm³/mol. The molecule has 0 aromatic heterocycles. The normalized spacial score (nSPS) is 23.2. The molecule has 0 heterocycles. The second-order valence-corrected chi connectivity index (χ2v) is 5.58. The van der Waals surface area contributed by atoms with Crippen molar-refractivity contribution in [1.29, 1.82) is 0 Å². The van der Waals surface area contributed by atoms with Gasteiger partial charge in [0.05, 0.1) is 0 Å². The van der Waals surface area contributed by atoms with Gasteiger partial charge in [0.15, 0.2) is 0 Å². The minimum atomic E-state index is 1.22. The average molecular weight is 250 g/mol. The molecule has 3 aliphatic carbocycles. The molecule has 19 heavy (non-hydrogen) atoms. The Morgan fingerprint density at radius 3 is 1.42 bits per heavy atom. The van der Waals surface area contributed by atoms with Gasteiger partial charge >= 0.3 is 0 Å². The van der Waals surface area contributed by atoms with Crippen LogP contribution in [-0.4, -0.2) is 0 Å². The van der Waals surface area contributed by atoms with E-state index >= 15 is 0 Å². The van der Waals surface area contributed by atoms with Crippen LogP contribution in [0.1, 0.15) is 44.9 Å². The van der Waals surface area contributed by atoms with Gasteiger partial charge in [0.25, 0.3) is 0 Å². The summed E-state index contributed by atoms with van der Waals surface area (Å²) in [5.74, 6) is 0. The molecule has 0 saturated heterocycles. The molecule has 3 rings (SSSR count). The zero-order valence-electron chi connectivity index (χ0n) is 11.6. The van der Waals surface area contributed by atoms with E-state index in [1.54, 1.807) is 0 Å². The van der Waals surface area contributed by atoms with Crippen molar-refractivity contribution in [2.75, 3.05) is 0 Å². The van der Waals surface area contributed by atoms with Crippen LogP contribution in [0.25, 0.3) is 0 Å². The van der Waals surface area contributed by atoms with E-state index in [-0.39, 0.29) is 0 Å². The number of rotatable bonds is 0. The van der Waals surface area contributed by atoms with E-state index < -0.39 is 0 Å². The molecule has 0 amide bonds. The van der Waals surface area contributed by atoms with Crippen molar-refractivity contribution in [2.45, 2.75) is 44.9 Å². The van der Waals surface area contributed by atoms with Gasteiger partial charge in [-0.15, -0.1) is 0 Å². The van der Waals surface area contributed by atoms with Crippen LogP contribution in [-0.2, 0) is 0 Å². The van der Waals surface area contributed by atoms with Crippen LogP contribution in [0.5, 0.6) is 0 Å². The summed E-state index contributed by atoms with van der Waals surface area (Å²) in [6, 6.07) is 0. The minimum Gasteiger partial charge on any atom is -0.0620 e. The Morgan fingerprint density at radius 1 is 0.474 bits per heavy atom. The highest BCUT2D eigenvalue weighted by Crippen LogP contribution is 2.32. The first-order valence-corrected chi connectivity index (χ1v) is 7.61. The van der Waals surface area contributed by atoms with Crippen molar-refractivity contribution in [3.05, 3.63) is 70.9 Å². The molecule has 3 aliphatic rings. The first kappa shape index (κ1) is 12.5. The van der Waals surface area contributed by atoms with Gasteiger partial charge in [0.1, 0.15) is 0 Å². The van der Waals surface area contributed by atoms with Crippen molar-refractivity contribution < 1.29 is 0 Å². The molecule has 0 atom stereocenters. The third-order valence-electron chi connectivity index (χ3n) is 4.22. The van der Waals surface area contributed by atoms with Gasteiger partial charge in [-0.3, -0.25) is 0 Å². The van der Waals surface area contributed by atoms with Crippen molar-refractivity contribution in [3.63, 3.8) is 0 Å². The summed E-state index contributed by atoms with van der Waals surface area (Å²) in [6.07, 6.45) is 27.2. The Hall–Kier alpha value is -1.56. The summed E-state index contributed by atoms with van der Waals surface area (Å²) in [5.41, 5.74) is 5.93. The van der Waals surface area contributed by atoms with Crippen LogP contribution < -0.4 is 0 Å². The topological polar surface area (TPSA) is 0 Å². The maximum Gasteiger partial charge on any atom is -0.0149 e. The van der Waals surface area contributed by atoms with Crippen LogP contribution >= 0.6 is 0 Å². The average Bonchev–Trinajstić information content (AvgIpc) is 2.74. The molecule has 0 unspecified atom stereocenters. The third kappa shape index (κ3) is 2.89. The monoisotopic (exact) mass is 250 g/mol. The summed E-state index contributed by atoms with van der Waals surface area (Å²) >= 11 is 0. The lowest BCUT2D eigenvalue weighted by Gasteiger charge is -2.12. The largest absolute Gasteiger partial charge is 0.0620 e. The quantitative estimate of drug-likeness (QED) is 0.527. The van der Waals surface area contributed by atoms with E-state index in [2.05, 4.69) is 48.6 Å². The maximum atomic E-state index is 2.31. The fourth-order valence-electron chi connectivity index (χ4n) is 3.16. The van der Waals surface area contributed by atoms with Gasteiger partial charge in [0.2, 0.25) is 0 Å². The molecule has 0 fully saturated rings. The zero-order valence-corrected chi connectivity index (χ0v) is 11.6. The molecule has 0 nitrogen and oxygen atoms in total. The summed E-state index contributed by atoms with van der Waals surface area (Å²) in [5, 5.41) is 0. The molecule has 0 aliphatic heterocycles. The van der Waals surface area contributed by atoms with Crippen molar-refractivity contribution in [1.82, 2.24) is 0 Å². The Balaban J connectivity index is 2.10. The number of hydrogen-bond acceptors (Lipinski definition) is 0. The van der Waals surface area contributed by atoms with Crippen LogP contribution in [0, 0.1) is 0 Å². The van der Waals surface area contributed by atoms with E-state index in [4.69, 9.17) is 0 Å². The molecule has 0 aromatic carbocycles. The molecule has 0 saturated carbocycles. The van der Waals surface area contributed by atoms with Crippen molar-refractivity contribution in [2.24, 2.45) is 0 Å². The van der Waals surface area contributed by atoms with E-state index in [0.717, 1.165) is 0 Å². The Labute approximate surface area is 116 Å². The first-order chi connectivity index (χ1) is 9.45. The van der Waals surface area contributed by atoms with Crippen molar-refractivity contribution >= 4 is 0 Å². The molecule has 98 valence electrons. The maximum absolute atomic E-state index is 2.31. The second kappa shape index (κ2) is 6.06. The number of hydrogen-bond donors (Lipinski definition) is 0. The van der Waals surface area contributed by atoms with Gasteiger partial charge < -0.3 is 0 Å². The Morgan fingerprint density at radius 2 is 0.895 bits per heavy atom. The van der Waals surface area contributed by atoms with Gasteiger partial charge in [-0.1, -0.05) is 67.9 Å². The molecule has 0 N–H and O–H groups in total. The van der Waals surface area contributed by atoms with Crippen molar-refractivity contribution in [3.8, 4) is 0 Å². The SMILES string of the molecule is C1=CC2=C3C=CC=CC(=C3C=C1)CCCCCCC2. The molecule has 0 radical (unpaired) electrons. The third-order valence-corrected chi connectivity index (χ3v) is 4.22. The summed E-state index contributed by atoms with van der Waals surface area (Å²) in [4.78, 5) is 0. The van der Waals surface area contributed by atoms with Gasteiger partial charge in [-0.05, 0) is 48.0 Å². The van der Waals surface area contributed by atoms with Crippen LogP contribution in [0.15, 0.2) is 70.9 Å². The van der Waals surface area contributed by atoms with Gasteiger partial charge in [0, 0.05) is 0 Å². The first-order valence-electron chi connectivity index (χ1n) is 7.61. The molecule has 0 spiro atoms. The molecular weight excluding hydrogens is 228 g/mol. The highest BCUT2D eigenvalue weighted by Gasteiger charge is 2.13. The summed E-state index contributed by atoms with van der Waals surface area (Å²) < 4.78 is 0. The highest BCUT2D eigenvalue weighted by molar-refractivity contribution is 5.60. The second-order valence-electron chi connectivity index (χ2n) is 5.58. The Bertz CT molecular complexity index is 470. The molecule has 0 aromatic rings. The van der Waals surface area contributed by atoms with Crippen LogP contribution in [0.2, 0.25) is 0 Å². The smallest absolute Gasteiger partial charge is 0.0149 e. The predicted octanol–water partition coefficient (Wildman–Crippen LogP) is 5.58. The molecule has 4 bridgehead atoms. The fraction of sp³-hybridized carbons (Fsp3) is 0.368. The number of allylic oxidation sites excluding steroid dienone is 12. The van der Waals surface area contributed by atoms with Crippen LogP contribution in [0.3, 0.4) is 0 Å². The zero-order chi connectivity index (χ0) is 12.9.